The lowest BCUT2D eigenvalue weighted by Gasteiger charge is -2.21. The Morgan fingerprint density at radius 2 is 0.804 bits per heavy atom. The van der Waals surface area contributed by atoms with Gasteiger partial charge in [-0.25, -0.2) is 0 Å². The second-order valence-corrected chi connectivity index (χ2v) is 15.2. The van der Waals surface area contributed by atoms with E-state index in [1.807, 2.05) is 6.08 Å². The number of aliphatic hydroxyl groups excluding tert-OH is 3. The number of allylic oxidation sites excluding steroid dienone is 5. The van der Waals surface area contributed by atoms with Gasteiger partial charge >= 0.3 is 0 Å². The van der Waals surface area contributed by atoms with Crippen LogP contribution < -0.4 is 5.32 Å². The van der Waals surface area contributed by atoms with Crippen molar-refractivity contribution in [2.45, 2.75) is 244 Å². The van der Waals surface area contributed by atoms with Gasteiger partial charge in [-0.05, 0) is 44.9 Å². The molecule has 0 spiro atoms. The van der Waals surface area contributed by atoms with Crippen LogP contribution in [0.25, 0.3) is 0 Å². The van der Waals surface area contributed by atoms with Crippen LogP contribution in [0.4, 0.5) is 0 Å². The molecule has 0 aliphatic heterocycles. The molecular weight excluding hydrogens is 631 g/mol. The molecule has 300 valence electrons. The standard InChI is InChI=1S/C46H87NO4/c1-3-5-7-9-11-13-15-17-19-21-22-23-25-27-29-31-33-35-37-39-41-45(50)46(51)47-43(42-48)44(49)40-38-36-34-32-30-28-26-24-20-18-16-14-12-10-8-6-4-2/h20,24,30,32,38,40,43-45,48-50H,3-19,21-23,25-29,31,33-37,39,41-42H2,1-2H3,(H,47,51)/b24-20+,32-30+,40-38+. The lowest BCUT2D eigenvalue weighted by atomic mass is 10.0. The number of rotatable bonds is 40. The van der Waals surface area contributed by atoms with Crippen LogP contribution in [-0.4, -0.2) is 46.1 Å². The number of unbranched alkanes of at least 4 members (excludes halogenated alkanes) is 28. The monoisotopic (exact) mass is 718 g/mol. The van der Waals surface area contributed by atoms with Gasteiger partial charge in [0, 0.05) is 0 Å². The molecule has 0 saturated heterocycles. The summed E-state index contributed by atoms with van der Waals surface area (Å²) in [5.74, 6) is -0.515. The fraction of sp³-hybridized carbons (Fsp3) is 0.848. The number of carbonyl (C=O) groups excluding carboxylic acids is 1. The van der Waals surface area contributed by atoms with Crippen LogP contribution >= 0.6 is 0 Å². The molecule has 0 radical (unpaired) electrons. The van der Waals surface area contributed by atoms with Crippen molar-refractivity contribution in [3.63, 3.8) is 0 Å². The predicted molar refractivity (Wildman–Crippen MR) is 222 cm³/mol. The van der Waals surface area contributed by atoms with Crippen LogP contribution in [0, 0.1) is 0 Å². The Morgan fingerprint density at radius 3 is 1.20 bits per heavy atom. The van der Waals surface area contributed by atoms with Crippen LogP contribution in [0.5, 0.6) is 0 Å². The molecule has 0 aromatic carbocycles. The first-order valence-corrected chi connectivity index (χ1v) is 22.3. The smallest absolute Gasteiger partial charge is 0.249 e. The number of amides is 1. The first-order chi connectivity index (χ1) is 25.1. The van der Waals surface area contributed by atoms with Crippen molar-refractivity contribution in [1.29, 1.82) is 0 Å². The van der Waals surface area contributed by atoms with Crippen LogP contribution in [-0.2, 0) is 4.79 Å². The molecule has 0 aliphatic carbocycles. The maximum Gasteiger partial charge on any atom is 0.249 e. The molecule has 3 unspecified atom stereocenters. The van der Waals surface area contributed by atoms with E-state index in [1.54, 1.807) is 6.08 Å². The fourth-order valence-electron chi connectivity index (χ4n) is 6.69. The Morgan fingerprint density at radius 1 is 0.471 bits per heavy atom. The number of aliphatic hydroxyl groups is 3. The number of hydrogen-bond acceptors (Lipinski definition) is 4. The van der Waals surface area contributed by atoms with Crippen LogP contribution in [0.1, 0.15) is 226 Å². The highest BCUT2D eigenvalue weighted by molar-refractivity contribution is 5.80. The highest BCUT2D eigenvalue weighted by Crippen LogP contribution is 2.16. The van der Waals surface area contributed by atoms with Gasteiger partial charge in [0.1, 0.15) is 6.10 Å². The maximum atomic E-state index is 12.5. The summed E-state index contributed by atoms with van der Waals surface area (Å²) in [5.41, 5.74) is 0. The zero-order valence-electron chi connectivity index (χ0n) is 34.0. The summed E-state index contributed by atoms with van der Waals surface area (Å²) in [6.45, 7) is 4.17. The van der Waals surface area contributed by atoms with Gasteiger partial charge in [-0.2, -0.15) is 0 Å². The third kappa shape index (κ3) is 36.7. The SMILES string of the molecule is CCCCCCCCC/C=C/CC/C=C/CC/C=C/C(O)C(CO)NC(=O)C(O)CCCCCCCCCCCCCCCCCCCCCC. The van der Waals surface area contributed by atoms with Gasteiger partial charge in [0.05, 0.1) is 18.8 Å². The van der Waals surface area contributed by atoms with Crippen LogP contribution in [0.3, 0.4) is 0 Å². The normalized spacial score (nSPS) is 13.9. The average molecular weight is 718 g/mol. The molecule has 0 aromatic heterocycles. The summed E-state index contributed by atoms with van der Waals surface area (Å²) >= 11 is 0. The Balaban J connectivity index is 3.71. The van der Waals surface area contributed by atoms with Crippen molar-refractivity contribution in [2.24, 2.45) is 0 Å². The van der Waals surface area contributed by atoms with Crippen molar-refractivity contribution in [3.05, 3.63) is 36.5 Å². The van der Waals surface area contributed by atoms with Gasteiger partial charge in [0.25, 0.3) is 0 Å². The Bertz CT molecular complexity index is 794. The minimum absolute atomic E-state index is 0.379. The van der Waals surface area contributed by atoms with E-state index < -0.39 is 24.2 Å². The largest absolute Gasteiger partial charge is 0.394 e. The molecule has 5 nitrogen and oxygen atoms in total. The van der Waals surface area contributed by atoms with E-state index in [1.165, 1.54) is 161 Å². The molecule has 1 amide bonds. The zero-order chi connectivity index (χ0) is 37.3. The molecule has 0 fully saturated rings. The van der Waals surface area contributed by atoms with Gasteiger partial charge in [-0.15, -0.1) is 0 Å². The van der Waals surface area contributed by atoms with Gasteiger partial charge in [-0.3, -0.25) is 4.79 Å². The Kier molecular flexibility index (Phi) is 40.2. The average Bonchev–Trinajstić information content (AvgIpc) is 3.13. The van der Waals surface area contributed by atoms with Gasteiger partial charge in [0.15, 0.2) is 0 Å². The van der Waals surface area contributed by atoms with Crippen molar-refractivity contribution >= 4 is 5.91 Å². The summed E-state index contributed by atoms with van der Waals surface area (Å²) in [6, 6.07) is -0.818. The molecule has 3 atom stereocenters. The minimum Gasteiger partial charge on any atom is -0.394 e. The van der Waals surface area contributed by atoms with Crippen LogP contribution in [0.2, 0.25) is 0 Å². The molecule has 0 rings (SSSR count). The predicted octanol–water partition coefficient (Wildman–Crippen LogP) is 12.8. The summed E-state index contributed by atoms with van der Waals surface area (Å²) in [5, 5.41) is 33.1. The van der Waals surface area contributed by atoms with E-state index in [9.17, 15) is 20.1 Å². The van der Waals surface area contributed by atoms with Crippen molar-refractivity contribution in [3.8, 4) is 0 Å². The third-order valence-electron chi connectivity index (χ3n) is 10.2. The molecule has 4 N–H and O–H groups in total. The minimum atomic E-state index is -1.11. The third-order valence-corrected chi connectivity index (χ3v) is 10.2. The zero-order valence-corrected chi connectivity index (χ0v) is 34.0. The van der Waals surface area contributed by atoms with Gasteiger partial charge in [0.2, 0.25) is 5.91 Å². The lowest BCUT2D eigenvalue weighted by Crippen LogP contribution is -2.48. The van der Waals surface area contributed by atoms with E-state index in [0.29, 0.717) is 6.42 Å². The summed E-state index contributed by atoms with van der Waals surface area (Å²) in [6.07, 6.45) is 51.8. The van der Waals surface area contributed by atoms with Gasteiger partial charge in [-0.1, -0.05) is 217 Å². The molecular formula is C46H87NO4. The van der Waals surface area contributed by atoms with Crippen molar-refractivity contribution < 1.29 is 20.1 Å². The molecule has 0 bridgehead atoms. The van der Waals surface area contributed by atoms with Gasteiger partial charge < -0.3 is 20.6 Å². The number of carbonyl (C=O) groups is 1. The Labute approximate surface area is 317 Å². The summed E-state index contributed by atoms with van der Waals surface area (Å²) in [4.78, 5) is 12.5. The summed E-state index contributed by atoms with van der Waals surface area (Å²) in [7, 11) is 0. The summed E-state index contributed by atoms with van der Waals surface area (Å²) < 4.78 is 0. The second-order valence-electron chi connectivity index (χ2n) is 15.2. The van der Waals surface area contributed by atoms with E-state index in [2.05, 4.69) is 43.5 Å². The number of hydrogen-bond donors (Lipinski definition) is 4. The molecule has 0 heterocycles. The Hall–Kier alpha value is -1.43. The molecule has 0 aromatic rings. The highest BCUT2D eigenvalue weighted by Gasteiger charge is 2.22. The van der Waals surface area contributed by atoms with E-state index >= 15 is 0 Å². The molecule has 0 aliphatic rings. The van der Waals surface area contributed by atoms with E-state index in [-0.39, 0.29) is 6.61 Å². The highest BCUT2D eigenvalue weighted by atomic mass is 16.3. The molecule has 0 saturated carbocycles. The molecule has 51 heavy (non-hydrogen) atoms. The second kappa shape index (κ2) is 41.3. The first kappa shape index (κ1) is 49.6. The quantitative estimate of drug-likeness (QED) is 0.0375. The molecule has 5 heteroatoms. The first-order valence-electron chi connectivity index (χ1n) is 22.3. The topological polar surface area (TPSA) is 89.8 Å². The van der Waals surface area contributed by atoms with E-state index in [0.717, 1.165) is 44.9 Å². The fourth-order valence-corrected chi connectivity index (χ4v) is 6.69. The number of nitrogens with one attached hydrogen (secondary N) is 1. The maximum absolute atomic E-state index is 12.5. The van der Waals surface area contributed by atoms with Crippen molar-refractivity contribution in [2.75, 3.05) is 6.61 Å². The van der Waals surface area contributed by atoms with Crippen LogP contribution in [0.15, 0.2) is 36.5 Å². The van der Waals surface area contributed by atoms with Crippen molar-refractivity contribution in [1.82, 2.24) is 5.32 Å². The van der Waals surface area contributed by atoms with E-state index in [4.69, 9.17) is 0 Å². The lowest BCUT2D eigenvalue weighted by molar-refractivity contribution is -0.131.